The molecule has 0 spiro atoms. The SMILES string of the molecule is CC/C=C/C/C=C/C/C=C/CC(=O)OC(COCCC(C(=O)O)[N+](C)(C)C)COC(=O)CCCCCCCCC/C=C/CCCCCCCCCC. The first-order valence-electron chi connectivity index (χ1n) is 20.7. The van der Waals surface area contributed by atoms with Crippen LogP contribution in [0.5, 0.6) is 0 Å². The summed E-state index contributed by atoms with van der Waals surface area (Å²) in [5, 5.41) is 9.58. The van der Waals surface area contributed by atoms with Crippen LogP contribution in [-0.4, -0.2) is 80.6 Å². The summed E-state index contributed by atoms with van der Waals surface area (Å²) in [6.07, 6.45) is 40.6. The summed E-state index contributed by atoms with van der Waals surface area (Å²) in [4.78, 5) is 36.7. The monoisotopic (exact) mass is 733 g/mol. The lowest BCUT2D eigenvalue weighted by Gasteiger charge is -2.31. The molecule has 0 saturated carbocycles. The summed E-state index contributed by atoms with van der Waals surface area (Å²) in [6, 6.07) is -0.628. The molecule has 8 heteroatoms. The predicted molar refractivity (Wildman–Crippen MR) is 215 cm³/mol. The van der Waals surface area contributed by atoms with Crippen molar-refractivity contribution in [3.63, 3.8) is 0 Å². The van der Waals surface area contributed by atoms with Crippen molar-refractivity contribution in [3.8, 4) is 0 Å². The van der Waals surface area contributed by atoms with E-state index in [-0.39, 0.29) is 36.7 Å². The molecule has 300 valence electrons. The van der Waals surface area contributed by atoms with Gasteiger partial charge in [-0.1, -0.05) is 140 Å². The van der Waals surface area contributed by atoms with Crippen LogP contribution in [0.3, 0.4) is 0 Å². The summed E-state index contributed by atoms with van der Waals surface area (Å²) >= 11 is 0. The standard InChI is InChI=1S/C44H77NO7/c1-6-8-10-12-14-16-17-18-19-20-21-22-23-24-25-27-28-30-32-34-42(46)51-39-40(38-50-37-36-41(44(48)49)45(3,4)5)52-43(47)35-33-31-29-26-15-13-11-9-7-2/h9,11,15,20-21,26,31,33,40-41H,6-8,10,12-14,16-19,22-25,27-30,32,34-39H2,1-5H3/p+1/b11-9+,21-20+,26-15+,33-31+. The third kappa shape index (κ3) is 33.1. The van der Waals surface area contributed by atoms with Gasteiger partial charge in [0.15, 0.2) is 12.1 Å². The van der Waals surface area contributed by atoms with Gasteiger partial charge < -0.3 is 23.8 Å². The van der Waals surface area contributed by atoms with E-state index in [0.717, 1.165) is 38.5 Å². The van der Waals surface area contributed by atoms with Crippen LogP contribution in [0.2, 0.25) is 0 Å². The Morgan fingerprint density at radius 2 is 1.13 bits per heavy atom. The van der Waals surface area contributed by atoms with Crippen LogP contribution in [0.4, 0.5) is 0 Å². The lowest BCUT2D eigenvalue weighted by molar-refractivity contribution is -0.887. The molecule has 0 rings (SSSR count). The van der Waals surface area contributed by atoms with E-state index >= 15 is 0 Å². The number of aliphatic carboxylic acids is 1. The average Bonchev–Trinajstić information content (AvgIpc) is 3.09. The summed E-state index contributed by atoms with van der Waals surface area (Å²) in [5.74, 6) is -1.63. The zero-order chi connectivity index (χ0) is 38.5. The second-order valence-electron chi connectivity index (χ2n) is 14.9. The molecule has 0 aromatic carbocycles. The van der Waals surface area contributed by atoms with Gasteiger partial charge >= 0.3 is 17.9 Å². The first-order valence-corrected chi connectivity index (χ1v) is 20.7. The summed E-state index contributed by atoms with van der Waals surface area (Å²) < 4.78 is 17.1. The molecule has 0 amide bonds. The van der Waals surface area contributed by atoms with E-state index in [9.17, 15) is 19.5 Å². The summed E-state index contributed by atoms with van der Waals surface area (Å²) in [5.41, 5.74) is 0. The van der Waals surface area contributed by atoms with Gasteiger partial charge in [0.2, 0.25) is 0 Å². The first-order chi connectivity index (χ1) is 25.1. The minimum atomic E-state index is -0.890. The van der Waals surface area contributed by atoms with Crippen molar-refractivity contribution in [1.82, 2.24) is 0 Å². The van der Waals surface area contributed by atoms with E-state index in [4.69, 9.17) is 14.2 Å². The molecular weight excluding hydrogens is 654 g/mol. The number of carboxylic acids is 1. The highest BCUT2D eigenvalue weighted by Crippen LogP contribution is 2.13. The van der Waals surface area contributed by atoms with Crippen molar-refractivity contribution in [2.24, 2.45) is 0 Å². The molecule has 2 atom stereocenters. The van der Waals surface area contributed by atoms with E-state index in [1.54, 1.807) is 6.08 Å². The highest BCUT2D eigenvalue weighted by molar-refractivity contribution is 5.72. The van der Waals surface area contributed by atoms with E-state index < -0.39 is 24.1 Å². The van der Waals surface area contributed by atoms with Crippen molar-refractivity contribution in [1.29, 1.82) is 0 Å². The van der Waals surface area contributed by atoms with Gasteiger partial charge in [-0.25, -0.2) is 4.79 Å². The number of likely N-dealkylation sites (N-methyl/N-ethyl adjacent to an activating group) is 1. The molecule has 0 aliphatic carbocycles. The Morgan fingerprint density at radius 3 is 1.67 bits per heavy atom. The topological polar surface area (TPSA) is 99.1 Å². The van der Waals surface area contributed by atoms with E-state index in [1.807, 2.05) is 27.2 Å². The van der Waals surface area contributed by atoms with E-state index in [1.165, 1.54) is 89.9 Å². The van der Waals surface area contributed by atoms with Gasteiger partial charge in [0.1, 0.15) is 6.61 Å². The minimum absolute atomic E-state index is 0.0231. The Balaban J connectivity index is 4.33. The van der Waals surface area contributed by atoms with Crippen molar-refractivity contribution in [2.75, 3.05) is 41.0 Å². The number of rotatable bonds is 36. The number of carbonyl (C=O) groups is 3. The molecule has 52 heavy (non-hydrogen) atoms. The smallest absolute Gasteiger partial charge is 0.362 e. The number of ether oxygens (including phenoxy) is 3. The number of esters is 2. The third-order valence-corrected chi connectivity index (χ3v) is 9.00. The Kier molecular flexibility index (Phi) is 33.5. The second kappa shape index (κ2) is 35.3. The molecule has 0 fully saturated rings. The van der Waals surface area contributed by atoms with Gasteiger partial charge in [0, 0.05) is 12.8 Å². The third-order valence-electron chi connectivity index (χ3n) is 9.00. The fourth-order valence-electron chi connectivity index (χ4n) is 5.80. The number of nitrogens with zero attached hydrogens (tertiary/aromatic N) is 1. The molecule has 0 aromatic rings. The maximum Gasteiger partial charge on any atom is 0.362 e. The van der Waals surface area contributed by atoms with Crippen LogP contribution in [0.25, 0.3) is 0 Å². The quantitative estimate of drug-likeness (QED) is 0.0296. The van der Waals surface area contributed by atoms with Crippen molar-refractivity contribution >= 4 is 17.9 Å². The van der Waals surface area contributed by atoms with Crippen molar-refractivity contribution < 1.29 is 38.2 Å². The number of hydrogen-bond donors (Lipinski definition) is 1. The molecule has 8 nitrogen and oxygen atoms in total. The number of hydrogen-bond acceptors (Lipinski definition) is 6. The number of unbranched alkanes of at least 4 members (excludes halogenated alkanes) is 15. The van der Waals surface area contributed by atoms with Gasteiger partial charge in [0.05, 0.1) is 40.8 Å². The highest BCUT2D eigenvalue weighted by atomic mass is 16.6. The number of quaternary nitrogens is 1. The lowest BCUT2D eigenvalue weighted by atomic mass is 10.1. The summed E-state index contributed by atoms with van der Waals surface area (Å²) in [6.45, 7) is 4.49. The number of carbonyl (C=O) groups excluding carboxylic acids is 2. The fourth-order valence-corrected chi connectivity index (χ4v) is 5.80. The first kappa shape index (κ1) is 49.3. The normalized spacial score (nSPS) is 13.5. The van der Waals surface area contributed by atoms with Gasteiger partial charge in [0.25, 0.3) is 0 Å². The zero-order valence-corrected chi connectivity index (χ0v) is 34.0. The molecule has 0 radical (unpaired) electrons. The molecule has 0 heterocycles. The van der Waals surface area contributed by atoms with Gasteiger partial charge in [-0.2, -0.15) is 0 Å². The molecule has 0 saturated heterocycles. The zero-order valence-electron chi connectivity index (χ0n) is 34.0. The van der Waals surface area contributed by atoms with Crippen LogP contribution in [0.15, 0.2) is 48.6 Å². The largest absolute Gasteiger partial charge is 0.477 e. The van der Waals surface area contributed by atoms with Crippen LogP contribution in [-0.2, 0) is 28.6 Å². The van der Waals surface area contributed by atoms with Gasteiger partial charge in [-0.15, -0.1) is 0 Å². The van der Waals surface area contributed by atoms with Crippen molar-refractivity contribution in [3.05, 3.63) is 48.6 Å². The molecule has 1 N–H and O–H groups in total. The van der Waals surface area contributed by atoms with Gasteiger partial charge in [-0.3, -0.25) is 9.59 Å². The van der Waals surface area contributed by atoms with Crippen LogP contribution in [0.1, 0.15) is 162 Å². The highest BCUT2D eigenvalue weighted by Gasteiger charge is 2.31. The molecule has 0 aliphatic rings. The Morgan fingerprint density at radius 1 is 0.615 bits per heavy atom. The van der Waals surface area contributed by atoms with Crippen LogP contribution in [0, 0.1) is 0 Å². The van der Waals surface area contributed by atoms with Crippen LogP contribution < -0.4 is 0 Å². The molecule has 0 aromatic heterocycles. The molecule has 0 aliphatic heterocycles. The second-order valence-corrected chi connectivity index (χ2v) is 14.9. The number of carboxylic acid groups (broad SMARTS) is 1. The molecule has 0 bridgehead atoms. The average molecular weight is 733 g/mol. The van der Waals surface area contributed by atoms with E-state index in [0.29, 0.717) is 12.8 Å². The predicted octanol–water partition coefficient (Wildman–Crippen LogP) is 10.9. The number of allylic oxidation sites excluding steroid dienone is 7. The van der Waals surface area contributed by atoms with Gasteiger partial charge in [-0.05, 0) is 51.4 Å². The van der Waals surface area contributed by atoms with E-state index in [2.05, 4.69) is 50.3 Å². The minimum Gasteiger partial charge on any atom is -0.477 e. The maximum absolute atomic E-state index is 12.5. The van der Waals surface area contributed by atoms with Crippen LogP contribution >= 0.6 is 0 Å². The molecular formula is C44H78NO7+. The lowest BCUT2D eigenvalue weighted by Crippen LogP contribution is -2.50. The van der Waals surface area contributed by atoms with Crippen molar-refractivity contribution in [2.45, 2.75) is 174 Å². The maximum atomic E-state index is 12.5. The Hall–Kier alpha value is -2.71. The fraction of sp³-hybridized carbons (Fsp3) is 0.750. The Bertz CT molecular complexity index is 995. The Labute approximate surface area is 318 Å². The molecule has 2 unspecified atom stereocenters. The summed E-state index contributed by atoms with van der Waals surface area (Å²) in [7, 11) is 5.48.